The van der Waals surface area contributed by atoms with Gasteiger partial charge in [0.2, 0.25) is 5.91 Å². The summed E-state index contributed by atoms with van der Waals surface area (Å²) in [5, 5.41) is 13.7. The van der Waals surface area contributed by atoms with E-state index in [0.717, 1.165) is 24.0 Å². The van der Waals surface area contributed by atoms with Crippen LogP contribution in [0, 0.1) is 11.8 Å². The predicted molar refractivity (Wildman–Crippen MR) is 148 cm³/mol. The summed E-state index contributed by atoms with van der Waals surface area (Å²) in [6.07, 6.45) is 1.38. The number of aliphatic hydroxyl groups excluding tert-OH is 1. The van der Waals surface area contributed by atoms with Gasteiger partial charge < -0.3 is 30.4 Å². The lowest BCUT2D eigenvalue weighted by Crippen LogP contribution is -2.48. The summed E-state index contributed by atoms with van der Waals surface area (Å²) in [7, 11) is 3.31. The van der Waals surface area contributed by atoms with Crippen molar-refractivity contribution in [3.8, 4) is 11.5 Å². The van der Waals surface area contributed by atoms with E-state index in [9.17, 15) is 9.90 Å². The van der Waals surface area contributed by atoms with Crippen LogP contribution in [-0.2, 0) is 21.4 Å². The Morgan fingerprint density at radius 2 is 1.76 bits per heavy atom. The van der Waals surface area contributed by atoms with Gasteiger partial charge in [-0.3, -0.25) is 4.79 Å². The molecule has 7 nitrogen and oxygen atoms in total. The third kappa shape index (κ3) is 9.33. The molecule has 0 aliphatic carbocycles. The van der Waals surface area contributed by atoms with E-state index in [1.54, 1.807) is 14.2 Å². The number of hydrogen-bond acceptors (Lipinski definition) is 6. The number of benzene rings is 2. The van der Waals surface area contributed by atoms with E-state index in [4.69, 9.17) is 19.9 Å². The Bertz CT molecular complexity index is 948. The summed E-state index contributed by atoms with van der Waals surface area (Å²) in [5.41, 5.74) is 7.77. The third-order valence-corrected chi connectivity index (χ3v) is 7.02. The summed E-state index contributed by atoms with van der Waals surface area (Å²) >= 11 is 0. The van der Waals surface area contributed by atoms with Crippen LogP contribution in [0.4, 0.5) is 0 Å². The van der Waals surface area contributed by atoms with Gasteiger partial charge in [-0.1, -0.05) is 50.2 Å². The zero-order chi connectivity index (χ0) is 27.4. The molecular formula is C30H46N2O5. The van der Waals surface area contributed by atoms with Crippen molar-refractivity contribution in [3.05, 3.63) is 59.7 Å². The molecule has 37 heavy (non-hydrogen) atoms. The van der Waals surface area contributed by atoms with Gasteiger partial charge in [-0.2, -0.15) is 0 Å². The van der Waals surface area contributed by atoms with Gasteiger partial charge in [-0.15, -0.1) is 0 Å². The standard InChI is InChI=1S/C30H46N2O5/c1-21(2)23(17-22-13-14-27(36-6)28(18-22)37-16-10-15-35-5)19-25(31)26(33)20-32-29(34)30(3,4)24-11-8-7-9-12-24/h7-9,11-14,18,21,23,25-26,33H,10,15-17,19-20,31H2,1-6H3,(H,32,34). The molecule has 3 unspecified atom stereocenters. The first kappa shape index (κ1) is 30.6. The van der Waals surface area contributed by atoms with Crippen molar-refractivity contribution in [3.63, 3.8) is 0 Å². The highest BCUT2D eigenvalue weighted by Crippen LogP contribution is 2.31. The molecule has 1 amide bonds. The second kappa shape index (κ2) is 15.0. The van der Waals surface area contributed by atoms with Gasteiger partial charge in [0.25, 0.3) is 0 Å². The van der Waals surface area contributed by atoms with E-state index >= 15 is 0 Å². The van der Waals surface area contributed by atoms with Crippen molar-refractivity contribution >= 4 is 5.91 Å². The highest BCUT2D eigenvalue weighted by molar-refractivity contribution is 5.87. The maximum Gasteiger partial charge on any atom is 0.230 e. The van der Waals surface area contributed by atoms with E-state index in [1.807, 2.05) is 62.4 Å². The molecule has 4 N–H and O–H groups in total. The Labute approximate surface area is 222 Å². The molecule has 3 atom stereocenters. The summed E-state index contributed by atoms with van der Waals surface area (Å²) < 4.78 is 16.5. The van der Waals surface area contributed by atoms with Crippen LogP contribution in [0.2, 0.25) is 0 Å². The highest BCUT2D eigenvalue weighted by atomic mass is 16.5. The van der Waals surface area contributed by atoms with Crippen molar-refractivity contribution in [2.75, 3.05) is 34.0 Å². The lowest BCUT2D eigenvalue weighted by molar-refractivity contribution is -0.126. The van der Waals surface area contributed by atoms with E-state index in [-0.39, 0.29) is 18.4 Å². The topological polar surface area (TPSA) is 103 Å². The average Bonchev–Trinajstić information content (AvgIpc) is 2.89. The summed E-state index contributed by atoms with van der Waals surface area (Å²) in [6, 6.07) is 15.2. The van der Waals surface area contributed by atoms with Crippen molar-refractivity contribution < 1.29 is 24.1 Å². The molecule has 2 rings (SSSR count). The Balaban J connectivity index is 1.97. The molecule has 0 saturated heterocycles. The van der Waals surface area contributed by atoms with Crippen molar-refractivity contribution in [1.29, 1.82) is 0 Å². The SMILES string of the molecule is COCCCOc1cc(CC(CC(N)C(O)CNC(=O)C(C)(C)c2ccccc2)C(C)C)ccc1OC. The molecule has 0 aliphatic heterocycles. The molecule has 2 aromatic rings. The van der Waals surface area contributed by atoms with E-state index in [0.29, 0.717) is 37.1 Å². The Kier molecular flexibility index (Phi) is 12.4. The molecule has 0 spiro atoms. The fourth-order valence-electron chi connectivity index (χ4n) is 4.30. The Morgan fingerprint density at radius 1 is 1.05 bits per heavy atom. The van der Waals surface area contributed by atoms with Crippen LogP contribution in [0.15, 0.2) is 48.5 Å². The summed E-state index contributed by atoms with van der Waals surface area (Å²) in [5.74, 6) is 1.88. The fraction of sp³-hybridized carbons (Fsp3) is 0.567. The number of amides is 1. The van der Waals surface area contributed by atoms with Crippen molar-refractivity contribution in [2.24, 2.45) is 17.6 Å². The normalized spacial score (nSPS) is 14.2. The van der Waals surface area contributed by atoms with Gasteiger partial charge >= 0.3 is 0 Å². The van der Waals surface area contributed by atoms with E-state index < -0.39 is 17.6 Å². The van der Waals surface area contributed by atoms with Crippen molar-refractivity contribution in [1.82, 2.24) is 5.32 Å². The lowest BCUT2D eigenvalue weighted by atomic mass is 9.82. The largest absolute Gasteiger partial charge is 0.493 e. The van der Waals surface area contributed by atoms with Gasteiger partial charge in [0, 0.05) is 32.7 Å². The molecule has 0 heterocycles. The van der Waals surface area contributed by atoms with Crippen LogP contribution >= 0.6 is 0 Å². The number of nitrogens with two attached hydrogens (primary N) is 1. The number of aliphatic hydroxyl groups is 1. The molecule has 0 saturated carbocycles. The predicted octanol–water partition coefficient (Wildman–Crippen LogP) is 4.10. The second-order valence-electron chi connectivity index (χ2n) is 10.6. The van der Waals surface area contributed by atoms with Crippen LogP contribution < -0.4 is 20.5 Å². The second-order valence-corrected chi connectivity index (χ2v) is 10.6. The van der Waals surface area contributed by atoms with Crippen molar-refractivity contribution in [2.45, 2.75) is 64.5 Å². The number of hydrogen-bond donors (Lipinski definition) is 3. The minimum Gasteiger partial charge on any atom is -0.493 e. The molecule has 0 aliphatic rings. The monoisotopic (exact) mass is 514 g/mol. The van der Waals surface area contributed by atoms with E-state index in [2.05, 4.69) is 19.2 Å². The quantitative estimate of drug-likeness (QED) is 0.292. The maximum absolute atomic E-state index is 12.9. The average molecular weight is 515 g/mol. The molecule has 0 bridgehead atoms. The van der Waals surface area contributed by atoms with Gasteiger partial charge in [0.15, 0.2) is 11.5 Å². The first-order chi connectivity index (χ1) is 17.6. The first-order valence-electron chi connectivity index (χ1n) is 13.2. The maximum atomic E-state index is 12.9. The fourth-order valence-corrected chi connectivity index (χ4v) is 4.30. The number of nitrogens with one attached hydrogen (secondary N) is 1. The Hall–Kier alpha value is -2.61. The van der Waals surface area contributed by atoms with Crippen LogP contribution in [0.1, 0.15) is 51.7 Å². The summed E-state index contributed by atoms with van der Waals surface area (Å²) in [4.78, 5) is 12.9. The van der Waals surface area contributed by atoms with Crippen LogP contribution in [0.25, 0.3) is 0 Å². The minimum atomic E-state index is -0.840. The number of rotatable bonds is 16. The third-order valence-electron chi connectivity index (χ3n) is 7.02. The smallest absolute Gasteiger partial charge is 0.230 e. The molecular weight excluding hydrogens is 468 g/mol. The van der Waals surface area contributed by atoms with Gasteiger partial charge in [0.05, 0.1) is 25.2 Å². The molecule has 2 aromatic carbocycles. The van der Waals surface area contributed by atoms with E-state index in [1.165, 1.54) is 0 Å². The summed E-state index contributed by atoms with van der Waals surface area (Å²) in [6.45, 7) is 9.39. The molecule has 0 fully saturated rings. The number of methoxy groups -OCH3 is 2. The highest BCUT2D eigenvalue weighted by Gasteiger charge is 2.30. The number of carbonyl (C=O) groups excluding carboxylic acids is 1. The number of ether oxygens (including phenoxy) is 3. The van der Waals surface area contributed by atoms with Crippen LogP contribution in [0.3, 0.4) is 0 Å². The zero-order valence-corrected chi connectivity index (χ0v) is 23.3. The number of carbonyl (C=O) groups is 1. The molecule has 0 aromatic heterocycles. The Morgan fingerprint density at radius 3 is 2.38 bits per heavy atom. The van der Waals surface area contributed by atoms with Gasteiger partial charge in [0.1, 0.15) is 0 Å². The lowest BCUT2D eigenvalue weighted by Gasteiger charge is -2.29. The van der Waals surface area contributed by atoms with Gasteiger partial charge in [-0.25, -0.2) is 0 Å². The minimum absolute atomic E-state index is 0.114. The molecule has 7 heteroatoms. The molecule has 206 valence electrons. The zero-order valence-electron chi connectivity index (χ0n) is 23.3. The van der Waals surface area contributed by atoms with Crippen LogP contribution in [-0.4, -0.2) is 57.1 Å². The molecule has 0 radical (unpaired) electrons. The van der Waals surface area contributed by atoms with Crippen LogP contribution in [0.5, 0.6) is 11.5 Å². The van der Waals surface area contributed by atoms with Gasteiger partial charge in [-0.05, 0) is 61.8 Å². The first-order valence-corrected chi connectivity index (χ1v) is 13.2.